The molecule has 0 aromatic carbocycles. The van der Waals surface area contributed by atoms with E-state index in [0.717, 1.165) is 25.9 Å². The zero-order valence-corrected chi connectivity index (χ0v) is 21.8. The first-order valence-corrected chi connectivity index (χ1v) is 12.8. The Bertz CT molecular complexity index is 835. The van der Waals surface area contributed by atoms with Crippen LogP contribution in [0.15, 0.2) is 0 Å². The number of likely N-dealkylation sites (N-methyl/N-ethyl adjacent to an activating group) is 1. The van der Waals surface area contributed by atoms with E-state index in [1.807, 2.05) is 0 Å². The van der Waals surface area contributed by atoms with E-state index in [1.165, 1.54) is 4.90 Å². The van der Waals surface area contributed by atoms with Gasteiger partial charge in [0.2, 0.25) is 0 Å². The van der Waals surface area contributed by atoms with Crippen molar-refractivity contribution in [2.45, 2.75) is 80.2 Å². The van der Waals surface area contributed by atoms with E-state index in [-0.39, 0.29) is 47.7 Å². The largest absolute Gasteiger partial charge is 1.00 e. The lowest BCUT2D eigenvalue weighted by Gasteiger charge is -2.69. The lowest BCUT2D eigenvalue weighted by molar-refractivity contribution is -0.956. The number of rotatable bonds is 6. The van der Waals surface area contributed by atoms with Gasteiger partial charge in [-0.15, -0.1) is 0 Å². The Kier molecular flexibility index (Phi) is 5.83. The number of hydrogen-bond donors (Lipinski definition) is 4. The van der Waals surface area contributed by atoms with Gasteiger partial charge in [-0.1, -0.05) is 0 Å². The van der Waals surface area contributed by atoms with Crippen LogP contribution >= 0.6 is 0 Å². The second-order valence-corrected chi connectivity index (χ2v) is 12.1. The lowest BCUT2D eigenvalue weighted by atomic mass is 9.41. The Morgan fingerprint density at radius 2 is 1.79 bits per heavy atom. The third-order valence-electron chi connectivity index (χ3n) is 11.8. The van der Waals surface area contributed by atoms with Gasteiger partial charge in [-0.25, -0.2) is 0 Å². The zero-order valence-electron chi connectivity index (χ0n) is 21.1. The Morgan fingerprint density at radius 3 is 2.38 bits per heavy atom. The van der Waals surface area contributed by atoms with Gasteiger partial charge in [0.15, 0.2) is 5.60 Å². The van der Waals surface area contributed by atoms with Crippen molar-refractivity contribution in [2.24, 2.45) is 28.6 Å². The molecule has 0 aromatic rings. The maximum Gasteiger partial charge on any atom is 0.175 e. The molecule has 34 heavy (non-hydrogen) atoms. The summed E-state index contributed by atoms with van der Waals surface area (Å²) >= 11 is 0. The average molecular weight is 504 g/mol. The number of methoxy groups -OCH3 is 4. The molecule has 6 aliphatic rings. The average Bonchev–Trinajstić information content (AvgIpc) is 3.25. The number of piperidine rings is 1. The van der Waals surface area contributed by atoms with Crippen molar-refractivity contribution in [3.05, 3.63) is 0 Å². The summed E-state index contributed by atoms with van der Waals surface area (Å²) in [6.07, 6.45) is 1.91. The van der Waals surface area contributed by atoms with Crippen LogP contribution in [-0.4, -0.2) is 105 Å². The van der Waals surface area contributed by atoms with E-state index in [1.54, 1.807) is 28.4 Å². The number of ether oxygens (including phenoxy) is 4. The van der Waals surface area contributed by atoms with Gasteiger partial charge < -0.3 is 51.6 Å². The number of fused-ring (bicyclic) bond motifs is 2. The number of likely N-dealkylation sites (tertiary alicyclic amines) is 1. The van der Waals surface area contributed by atoms with Gasteiger partial charge in [0, 0.05) is 52.1 Å². The molecule has 0 amide bonds. The number of hydrogen-bond acceptors (Lipinski definition) is 7. The highest BCUT2D eigenvalue weighted by molar-refractivity contribution is 5.42. The van der Waals surface area contributed by atoms with Gasteiger partial charge in [0.25, 0.3) is 0 Å². The topological polar surface area (TPSA) is 102 Å². The van der Waals surface area contributed by atoms with Crippen molar-refractivity contribution in [1.82, 2.24) is 0 Å². The van der Waals surface area contributed by atoms with Gasteiger partial charge in [-0.2, -0.15) is 0 Å². The predicted molar refractivity (Wildman–Crippen MR) is 118 cm³/mol. The summed E-state index contributed by atoms with van der Waals surface area (Å²) in [7, 11) is 6.78. The molecule has 6 unspecified atom stereocenters. The highest BCUT2D eigenvalue weighted by atomic mass is 35.5. The van der Waals surface area contributed by atoms with Crippen LogP contribution in [0.4, 0.5) is 0 Å². The van der Waals surface area contributed by atoms with Crippen LogP contribution in [0.1, 0.15) is 39.0 Å². The van der Waals surface area contributed by atoms with Gasteiger partial charge in [-0.05, 0) is 38.5 Å². The molecule has 5 saturated carbocycles. The predicted octanol–water partition coefficient (Wildman–Crippen LogP) is -4.00. The van der Waals surface area contributed by atoms with Crippen LogP contribution in [0.3, 0.4) is 0 Å². The summed E-state index contributed by atoms with van der Waals surface area (Å²) in [6, 6.07) is -0.335. The quantitative estimate of drug-likeness (QED) is 0.293. The molecule has 6 rings (SSSR count). The molecule has 0 radical (unpaired) electrons. The van der Waals surface area contributed by atoms with Gasteiger partial charge in [0.1, 0.15) is 17.2 Å². The minimum atomic E-state index is -1.57. The van der Waals surface area contributed by atoms with Crippen molar-refractivity contribution >= 4 is 0 Å². The molecule has 0 aromatic heterocycles. The van der Waals surface area contributed by atoms with E-state index in [4.69, 9.17) is 18.9 Å². The summed E-state index contributed by atoms with van der Waals surface area (Å²) in [6.45, 7) is 4.36. The molecule has 1 aliphatic heterocycles. The monoisotopic (exact) mass is 503 g/mol. The molecular weight excluding hydrogens is 462 g/mol. The fourth-order valence-electron chi connectivity index (χ4n) is 11.3. The maximum absolute atomic E-state index is 13.0. The molecule has 196 valence electrons. The molecule has 8 nitrogen and oxygen atoms in total. The van der Waals surface area contributed by atoms with E-state index >= 15 is 0 Å². The summed E-state index contributed by atoms with van der Waals surface area (Å²) in [5.74, 6) is 0.0275. The first kappa shape index (κ1) is 25.6. The Hall–Kier alpha value is -0.0300. The van der Waals surface area contributed by atoms with E-state index in [2.05, 4.69) is 6.92 Å². The SMILES string of the molecule is CC[NH+]1CC2(COC)CCC(O)C34[C@@H]2[C@H](OC)C(O)([C@@H]13)[C@@]1(O)C[C@H](OC)[C@H]2C[C@@H]4C1(OC)C2.[Cl-]. The number of halogens is 1. The summed E-state index contributed by atoms with van der Waals surface area (Å²) in [5, 5.41) is 37.8. The van der Waals surface area contributed by atoms with Crippen molar-refractivity contribution in [2.75, 3.05) is 48.1 Å². The Balaban J connectivity index is 0.00000241. The van der Waals surface area contributed by atoms with E-state index in [0.29, 0.717) is 25.9 Å². The minimum absolute atomic E-state index is 0. The van der Waals surface area contributed by atoms with Gasteiger partial charge in [0.05, 0.1) is 43.4 Å². The van der Waals surface area contributed by atoms with Crippen LogP contribution in [0, 0.1) is 28.6 Å². The first-order chi connectivity index (χ1) is 15.7. The van der Waals surface area contributed by atoms with Crippen LogP contribution < -0.4 is 17.3 Å². The number of nitrogens with one attached hydrogen (secondary N) is 1. The first-order valence-electron chi connectivity index (χ1n) is 12.8. The molecule has 1 heterocycles. The normalized spacial score (nSPS) is 60.7. The smallest absolute Gasteiger partial charge is 0.175 e. The van der Waals surface area contributed by atoms with E-state index in [9.17, 15) is 15.3 Å². The highest BCUT2D eigenvalue weighted by Gasteiger charge is 2.96. The summed E-state index contributed by atoms with van der Waals surface area (Å²) in [5.41, 5.74) is -4.89. The number of aliphatic hydroxyl groups excluding tert-OH is 1. The maximum atomic E-state index is 13.0. The van der Waals surface area contributed by atoms with Crippen LogP contribution in [0.2, 0.25) is 0 Å². The molecule has 5 aliphatic carbocycles. The third-order valence-corrected chi connectivity index (χ3v) is 11.8. The van der Waals surface area contributed by atoms with Gasteiger partial charge in [-0.3, -0.25) is 0 Å². The number of aliphatic hydroxyl groups is 3. The molecular formula is C25H42ClNO7. The summed E-state index contributed by atoms with van der Waals surface area (Å²) in [4.78, 5) is 1.24. The molecule has 1 spiro atoms. The molecule has 6 fully saturated rings. The summed E-state index contributed by atoms with van der Waals surface area (Å²) < 4.78 is 24.3. The molecule has 7 bridgehead atoms. The fourth-order valence-corrected chi connectivity index (χ4v) is 11.3. The fraction of sp³-hybridized carbons (Fsp3) is 1.00. The standard InChI is InChI=1S/C25H41NO7.ClH/c1-6-26-12-21(13-30-2)8-7-17(27)24-16-9-14-10-22(16,33-5)23(28,11-15(14)31-3)25(29,20(24)26)19(32-4)18(21)24;/h14-20,27-29H,6-13H2,1-5H3;1H/t14-,15-,16+,17?,18+,19-,20-,21?,22?,23+,24?,25?;/m0./s1. The Morgan fingerprint density at radius 1 is 1.06 bits per heavy atom. The molecule has 1 saturated heterocycles. The molecule has 13 atom stereocenters. The third kappa shape index (κ3) is 2.28. The van der Waals surface area contributed by atoms with Crippen molar-refractivity contribution in [1.29, 1.82) is 0 Å². The van der Waals surface area contributed by atoms with Crippen LogP contribution in [-0.2, 0) is 18.9 Å². The highest BCUT2D eigenvalue weighted by Crippen LogP contribution is 2.79. The van der Waals surface area contributed by atoms with Crippen LogP contribution in [0.25, 0.3) is 0 Å². The zero-order chi connectivity index (χ0) is 23.6. The molecule has 4 N–H and O–H groups in total. The van der Waals surface area contributed by atoms with Crippen LogP contribution in [0.5, 0.6) is 0 Å². The van der Waals surface area contributed by atoms with Crippen molar-refractivity contribution in [3.8, 4) is 0 Å². The second-order valence-electron chi connectivity index (χ2n) is 12.1. The molecule has 9 heteroatoms. The minimum Gasteiger partial charge on any atom is -1.00 e. The second kappa shape index (κ2) is 7.74. The number of quaternary nitrogens is 1. The lowest BCUT2D eigenvalue weighted by Crippen LogP contribution is -3.23. The van der Waals surface area contributed by atoms with E-state index < -0.39 is 34.4 Å². The Labute approximate surface area is 208 Å². The van der Waals surface area contributed by atoms with Gasteiger partial charge >= 0.3 is 0 Å². The van der Waals surface area contributed by atoms with Crippen molar-refractivity contribution < 1.29 is 51.6 Å². The van der Waals surface area contributed by atoms with Crippen molar-refractivity contribution in [3.63, 3.8) is 0 Å².